The van der Waals surface area contributed by atoms with Crippen LogP contribution in [-0.2, 0) is 21.4 Å². The fraction of sp³-hybridized carbons (Fsp3) is 0.538. The van der Waals surface area contributed by atoms with Crippen molar-refractivity contribution in [2.45, 2.75) is 43.2 Å². The number of carbonyl (C=O) groups excluding carboxylic acids is 1. The maximum atomic E-state index is 12.9. The SMILES string of the molecule is NCc1ncccc1S(=O)(=O)N(CC(N)=O)C1CCCC1. The van der Waals surface area contributed by atoms with E-state index in [1.807, 2.05) is 0 Å². The van der Waals surface area contributed by atoms with Gasteiger partial charge in [0.15, 0.2) is 0 Å². The predicted molar refractivity (Wildman–Crippen MR) is 77.5 cm³/mol. The van der Waals surface area contributed by atoms with Gasteiger partial charge in [-0.3, -0.25) is 9.78 Å². The highest BCUT2D eigenvalue weighted by Gasteiger charge is 2.35. The monoisotopic (exact) mass is 312 g/mol. The quantitative estimate of drug-likeness (QED) is 0.763. The number of carbonyl (C=O) groups is 1. The fourth-order valence-corrected chi connectivity index (χ4v) is 4.53. The minimum Gasteiger partial charge on any atom is -0.369 e. The average molecular weight is 312 g/mol. The summed E-state index contributed by atoms with van der Waals surface area (Å²) in [4.78, 5) is 15.3. The van der Waals surface area contributed by atoms with E-state index in [0.717, 1.165) is 25.7 Å². The molecule has 1 heterocycles. The number of sulfonamides is 1. The highest BCUT2D eigenvalue weighted by atomic mass is 32.2. The first kappa shape index (κ1) is 15.9. The van der Waals surface area contributed by atoms with Gasteiger partial charge >= 0.3 is 0 Å². The molecule has 7 nitrogen and oxygen atoms in total. The van der Waals surface area contributed by atoms with Crippen molar-refractivity contribution in [2.24, 2.45) is 11.5 Å². The van der Waals surface area contributed by atoms with Gasteiger partial charge in [-0.05, 0) is 25.0 Å². The average Bonchev–Trinajstić information content (AvgIpc) is 2.98. The highest BCUT2D eigenvalue weighted by Crippen LogP contribution is 2.29. The van der Waals surface area contributed by atoms with Crippen LogP contribution in [0.3, 0.4) is 0 Å². The Morgan fingerprint density at radius 3 is 2.62 bits per heavy atom. The van der Waals surface area contributed by atoms with Gasteiger partial charge in [0.05, 0.1) is 12.2 Å². The summed E-state index contributed by atoms with van der Waals surface area (Å²) in [5.41, 5.74) is 11.1. The van der Waals surface area contributed by atoms with E-state index in [1.54, 1.807) is 6.07 Å². The van der Waals surface area contributed by atoms with Crippen LogP contribution in [0.4, 0.5) is 0 Å². The van der Waals surface area contributed by atoms with Gasteiger partial charge in [-0.2, -0.15) is 4.31 Å². The minimum absolute atomic E-state index is 0.0183. The molecule has 0 atom stereocenters. The number of amides is 1. The Morgan fingerprint density at radius 2 is 2.05 bits per heavy atom. The standard InChI is InChI=1S/C13H20N4O3S/c14-8-11-12(6-3-7-16-11)21(19,20)17(9-13(15)18)10-4-1-2-5-10/h3,6-7,10H,1-2,4-5,8-9,14H2,(H2,15,18). The molecule has 1 saturated carbocycles. The van der Waals surface area contributed by atoms with Gasteiger partial charge in [0, 0.05) is 18.8 Å². The molecule has 0 saturated heterocycles. The number of primary amides is 1. The van der Waals surface area contributed by atoms with E-state index in [2.05, 4.69) is 4.98 Å². The van der Waals surface area contributed by atoms with Crippen molar-refractivity contribution in [3.05, 3.63) is 24.0 Å². The Hall–Kier alpha value is -1.51. The molecular formula is C13H20N4O3S. The molecule has 21 heavy (non-hydrogen) atoms. The van der Waals surface area contributed by atoms with E-state index in [9.17, 15) is 13.2 Å². The lowest BCUT2D eigenvalue weighted by Crippen LogP contribution is -2.44. The summed E-state index contributed by atoms with van der Waals surface area (Å²) in [6.07, 6.45) is 4.88. The van der Waals surface area contributed by atoms with Crippen LogP contribution in [-0.4, -0.2) is 36.2 Å². The lowest BCUT2D eigenvalue weighted by Gasteiger charge is -2.27. The molecule has 1 aliphatic carbocycles. The first-order valence-electron chi connectivity index (χ1n) is 6.91. The van der Waals surface area contributed by atoms with E-state index < -0.39 is 15.9 Å². The lowest BCUT2D eigenvalue weighted by atomic mass is 10.2. The number of rotatable bonds is 6. The second-order valence-corrected chi connectivity index (χ2v) is 6.97. The molecule has 0 radical (unpaired) electrons. The van der Waals surface area contributed by atoms with Crippen LogP contribution in [0.5, 0.6) is 0 Å². The maximum Gasteiger partial charge on any atom is 0.245 e. The molecule has 1 aromatic heterocycles. The third-order valence-electron chi connectivity index (χ3n) is 3.67. The summed E-state index contributed by atoms with van der Waals surface area (Å²) in [5.74, 6) is -0.663. The highest BCUT2D eigenvalue weighted by molar-refractivity contribution is 7.89. The minimum atomic E-state index is -3.83. The van der Waals surface area contributed by atoms with Crippen LogP contribution in [0.15, 0.2) is 23.2 Å². The first-order chi connectivity index (χ1) is 9.96. The molecule has 1 aliphatic rings. The normalized spacial score (nSPS) is 16.5. The van der Waals surface area contributed by atoms with E-state index in [0.29, 0.717) is 5.69 Å². The van der Waals surface area contributed by atoms with Crippen LogP contribution in [0.25, 0.3) is 0 Å². The molecule has 0 spiro atoms. The van der Waals surface area contributed by atoms with E-state index in [-0.39, 0.29) is 24.0 Å². The van der Waals surface area contributed by atoms with Gasteiger partial charge in [0.2, 0.25) is 15.9 Å². The predicted octanol–water partition coefficient (Wildman–Crippen LogP) is -0.0411. The van der Waals surface area contributed by atoms with Crippen molar-refractivity contribution in [2.75, 3.05) is 6.54 Å². The zero-order valence-corrected chi connectivity index (χ0v) is 12.6. The van der Waals surface area contributed by atoms with Crippen LogP contribution in [0.2, 0.25) is 0 Å². The maximum absolute atomic E-state index is 12.9. The fourth-order valence-electron chi connectivity index (χ4n) is 2.69. The van der Waals surface area contributed by atoms with E-state index in [4.69, 9.17) is 11.5 Å². The van der Waals surface area contributed by atoms with Gasteiger partial charge in [0.25, 0.3) is 0 Å². The molecule has 1 amide bonds. The molecule has 1 aromatic rings. The van der Waals surface area contributed by atoms with Gasteiger partial charge in [-0.15, -0.1) is 0 Å². The van der Waals surface area contributed by atoms with Gasteiger partial charge in [0.1, 0.15) is 4.90 Å². The number of pyridine rings is 1. The molecule has 8 heteroatoms. The third kappa shape index (κ3) is 3.39. The van der Waals surface area contributed by atoms with E-state index in [1.165, 1.54) is 16.6 Å². The van der Waals surface area contributed by atoms with Crippen molar-refractivity contribution in [1.82, 2.24) is 9.29 Å². The zero-order chi connectivity index (χ0) is 15.5. The number of aromatic nitrogens is 1. The summed E-state index contributed by atoms with van der Waals surface area (Å²) in [6.45, 7) is -0.295. The largest absolute Gasteiger partial charge is 0.369 e. The Labute approximate surface area is 124 Å². The summed E-state index contributed by atoms with van der Waals surface area (Å²) in [6, 6.07) is 2.82. The molecule has 0 unspecified atom stereocenters. The molecular weight excluding hydrogens is 292 g/mol. The number of nitrogens with two attached hydrogens (primary N) is 2. The van der Waals surface area contributed by atoms with Crippen molar-refractivity contribution in [3.63, 3.8) is 0 Å². The molecule has 1 fully saturated rings. The van der Waals surface area contributed by atoms with Crippen molar-refractivity contribution in [1.29, 1.82) is 0 Å². The van der Waals surface area contributed by atoms with Gasteiger partial charge < -0.3 is 11.5 Å². The summed E-state index contributed by atoms with van der Waals surface area (Å²) < 4.78 is 26.9. The molecule has 0 aliphatic heterocycles. The zero-order valence-electron chi connectivity index (χ0n) is 11.7. The number of nitrogens with zero attached hydrogens (tertiary/aromatic N) is 2. The molecule has 0 aromatic carbocycles. The number of hydrogen-bond donors (Lipinski definition) is 2. The van der Waals surface area contributed by atoms with Crippen molar-refractivity contribution in [3.8, 4) is 0 Å². The Bertz CT molecular complexity index is 612. The Balaban J connectivity index is 2.43. The summed E-state index contributed by atoms with van der Waals surface area (Å²) in [7, 11) is -3.83. The second-order valence-electron chi connectivity index (χ2n) is 5.11. The lowest BCUT2D eigenvalue weighted by molar-refractivity contribution is -0.118. The molecule has 2 rings (SSSR count). The smallest absolute Gasteiger partial charge is 0.245 e. The van der Waals surface area contributed by atoms with Crippen molar-refractivity contribution < 1.29 is 13.2 Å². The summed E-state index contributed by atoms with van der Waals surface area (Å²) >= 11 is 0. The van der Waals surface area contributed by atoms with Gasteiger partial charge in [-0.25, -0.2) is 8.42 Å². The Kier molecular flexibility index (Phi) is 4.92. The summed E-state index contributed by atoms with van der Waals surface area (Å²) in [5, 5.41) is 0. The van der Waals surface area contributed by atoms with Crippen LogP contribution in [0, 0.1) is 0 Å². The third-order valence-corrected chi connectivity index (χ3v) is 5.64. The second kappa shape index (κ2) is 6.50. The van der Waals surface area contributed by atoms with Crippen LogP contribution >= 0.6 is 0 Å². The molecule has 4 N–H and O–H groups in total. The molecule has 0 bridgehead atoms. The Morgan fingerprint density at radius 1 is 1.38 bits per heavy atom. The topological polar surface area (TPSA) is 119 Å². The van der Waals surface area contributed by atoms with E-state index >= 15 is 0 Å². The van der Waals surface area contributed by atoms with Crippen LogP contribution in [0.1, 0.15) is 31.4 Å². The first-order valence-corrected chi connectivity index (χ1v) is 8.35. The van der Waals surface area contributed by atoms with Crippen molar-refractivity contribution >= 4 is 15.9 Å². The van der Waals surface area contributed by atoms with Crippen LogP contribution < -0.4 is 11.5 Å². The number of hydrogen-bond acceptors (Lipinski definition) is 5. The van der Waals surface area contributed by atoms with Gasteiger partial charge in [-0.1, -0.05) is 12.8 Å². The molecule has 116 valence electrons.